The van der Waals surface area contributed by atoms with E-state index in [-0.39, 0.29) is 5.91 Å². The summed E-state index contributed by atoms with van der Waals surface area (Å²) in [5, 5.41) is 4.23. The zero-order chi connectivity index (χ0) is 15.6. The molecule has 0 bridgehead atoms. The Morgan fingerprint density at radius 2 is 2.14 bits per heavy atom. The second-order valence-electron chi connectivity index (χ2n) is 5.68. The van der Waals surface area contributed by atoms with E-state index in [2.05, 4.69) is 16.4 Å². The molecule has 0 saturated carbocycles. The minimum atomic E-state index is -0.684. The van der Waals surface area contributed by atoms with Crippen LogP contribution >= 0.6 is 11.3 Å². The lowest BCUT2D eigenvalue weighted by Gasteiger charge is -2.37. The number of piperidine rings is 1. The van der Waals surface area contributed by atoms with Crippen LogP contribution in [0.2, 0.25) is 0 Å². The summed E-state index contributed by atoms with van der Waals surface area (Å²) in [4.78, 5) is 19.2. The van der Waals surface area contributed by atoms with E-state index < -0.39 is 5.60 Å². The van der Waals surface area contributed by atoms with Crippen molar-refractivity contribution in [1.29, 1.82) is 0 Å². The molecule has 2 heterocycles. The first-order valence-electron chi connectivity index (χ1n) is 7.50. The number of fused-ring (bicyclic) bond motifs is 1. The molecule has 22 heavy (non-hydrogen) atoms. The number of thiazole rings is 1. The molecule has 1 saturated heterocycles. The summed E-state index contributed by atoms with van der Waals surface area (Å²) in [7, 11) is 3.46. The van der Waals surface area contributed by atoms with Crippen molar-refractivity contribution >= 4 is 27.5 Å². The van der Waals surface area contributed by atoms with Gasteiger partial charge in [0.2, 0.25) is 0 Å². The van der Waals surface area contributed by atoms with Gasteiger partial charge in [-0.1, -0.05) is 12.1 Å². The van der Waals surface area contributed by atoms with Gasteiger partial charge in [0.05, 0.1) is 16.8 Å². The van der Waals surface area contributed by atoms with E-state index in [1.54, 1.807) is 23.3 Å². The molecule has 0 spiro atoms. The Balaban J connectivity index is 1.75. The van der Waals surface area contributed by atoms with Crippen molar-refractivity contribution in [2.45, 2.75) is 25.0 Å². The monoisotopic (exact) mass is 319 g/mol. The van der Waals surface area contributed by atoms with Gasteiger partial charge in [0.25, 0.3) is 5.91 Å². The number of carbonyl (C=O) groups is 1. The highest BCUT2D eigenvalue weighted by Gasteiger charge is 2.41. The van der Waals surface area contributed by atoms with Gasteiger partial charge in [-0.25, -0.2) is 4.98 Å². The second-order valence-corrected chi connectivity index (χ2v) is 6.80. The van der Waals surface area contributed by atoms with Crippen LogP contribution in [-0.4, -0.2) is 48.6 Å². The molecule has 0 aliphatic carbocycles. The number of benzene rings is 1. The van der Waals surface area contributed by atoms with Crippen molar-refractivity contribution in [3.8, 4) is 0 Å². The van der Waals surface area contributed by atoms with Crippen molar-refractivity contribution < 1.29 is 9.53 Å². The lowest BCUT2D eigenvalue weighted by Crippen LogP contribution is -2.54. The van der Waals surface area contributed by atoms with Crippen LogP contribution in [0.15, 0.2) is 24.3 Å². The van der Waals surface area contributed by atoms with Gasteiger partial charge < -0.3 is 15.0 Å². The van der Waals surface area contributed by atoms with Gasteiger partial charge in [-0.3, -0.25) is 4.79 Å². The van der Waals surface area contributed by atoms with Crippen molar-refractivity contribution in [2.24, 2.45) is 0 Å². The van der Waals surface area contributed by atoms with Crippen molar-refractivity contribution in [1.82, 2.24) is 15.2 Å². The summed E-state index contributed by atoms with van der Waals surface area (Å²) in [5.41, 5.74) is 0.308. The predicted molar refractivity (Wildman–Crippen MR) is 87.9 cm³/mol. The minimum Gasteiger partial charge on any atom is -0.368 e. The van der Waals surface area contributed by atoms with Crippen LogP contribution in [0.5, 0.6) is 0 Å². The van der Waals surface area contributed by atoms with Crippen molar-refractivity contribution in [3.63, 3.8) is 0 Å². The molecule has 1 aliphatic rings. The van der Waals surface area contributed by atoms with Crippen LogP contribution in [0, 0.1) is 0 Å². The number of rotatable bonds is 4. The topological polar surface area (TPSA) is 54.5 Å². The first-order valence-corrected chi connectivity index (χ1v) is 8.32. The normalized spacial score (nSPS) is 17.5. The molecule has 0 atom stereocenters. The third kappa shape index (κ3) is 2.86. The zero-order valence-corrected chi connectivity index (χ0v) is 13.8. The molecule has 118 valence electrons. The highest BCUT2D eigenvalue weighted by atomic mass is 32.1. The summed E-state index contributed by atoms with van der Waals surface area (Å²) < 4.78 is 6.76. The van der Waals surface area contributed by atoms with Gasteiger partial charge >= 0.3 is 0 Å². The summed E-state index contributed by atoms with van der Waals surface area (Å²) in [6, 6.07) is 8.05. The predicted octanol–water partition coefficient (Wildman–Crippen LogP) is 2.02. The molecule has 3 rings (SSSR count). The number of aromatic nitrogens is 1. The molecule has 1 amide bonds. The Hall–Kier alpha value is -1.50. The smallest absolute Gasteiger partial charge is 0.255 e. The third-order valence-corrected chi connectivity index (χ3v) is 5.27. The first-order chi connectivity index (χ1) is 10.6. The number of hydrogen-bond acceptors (Lipinski definition) is 5. The number of carbonyl (C=O) groups excluding carboxylic acids is 1. The van der Waals surface area contributed by atoms with Crippen LogP contribution in [0.1, 0.15) is 17.8 Å². The molecule has 2 aromatic rings. The van der Waals surface area contributed by atoms with Gasteiger partial charge in [-0.2, -0.15) is 0 Å². The van der Waals surface area contributed by atoms with E-state index in [1.165, 1.54) is 0 Å². The Morgan fingerprint density at radius 3 is 2.82 bits per heavy atom. The number of nitrogens with zero attached hydrogens (tertiary/aromatic N) is 2. The van der Waals surface area contributed by atoms with Gasteiger partial charge in [0, 0.05) is 14.2 Å². The van der Waals surface area contributed by atoms with Gasteiger partial charge in [-0.05, 0) is 38.1 Å². The lowest BCUT2D eigenvalue weighted by molar-refractivity contribution is -0.157. The van der Waals surface area contributed by atoms with Gasteiger partial charge in [0.1, 0.15) is 10.6 Å². The van der Waals surface area contributed by atoms with E-state index >= 15 is 0 Å². The highest BCUT2D eigenvalue weighted by molar-refractivity contribution is 7.18. The minimum absolute atomic E-state index is 0.0516. The van der Waals surface area contributed by atoms with Crippen LogP contribution in [-0.2, 0) is 16.1 Å². The number of likely N-dealkylation sites (N-methyl/N-ethyl adjacent to an activating group) is 1. The summed E-state index contributed by atoms with van der Waals surface area (Å²) in [5.74, 6) is 0.0516. The van der Waals surface area contributed by atoms with E-state index in [9.17, 15) is 4.79 Å². The highest BCUT2D eigenvalue weighted by Crippen LogP contribution is 2.27. The number of amides is 1. The molecule has 6 heteroatoms. The summed E-state index contributed by atoms with van der Waals surface area (Å²) in [6.45, 7) is 2.15. The molecule has 1 aromatic heterocycles. The number of hydrogen-bond donors (Lipinski definition) is 1. The Kier molecular flexibility index (Phi) is 4.42. The average Bonchev–Trinajstić information content (AvgIpc) is 2.96. The summed E-state index contributed by atoms with van der Waals surface area (Å²) >= 11 is 1.64. The lowest BCUT2D eigenvalue weighted by atomic mass is 9.90. The maximum absolute atomic E-state index is 12.8. The molecule has 1 fully saturated rings. The fraction of sp³-hybridized carbons (Fsp3) is 0.500. The molecule has 0 radical (unpaired) electrons. The average molecular weight is 319 g/mol. The SMILES string of the molecule is COC1(C(=O)N(C)Cc2nc3ccccc3s2)CCNCC1. The van der Waals surface area contributed by atoms with Crippen LogP contribution < -0.4 is 5.32 Å². The first kappa shape index (κ1) is 15.4. The van der Waals surface area contributed by atoms with Gasteiger partial charge in [0.15, 0.2) is 0 Å². The number of methoxy groups -OCH3 is 1. The van der Waals surface area contributed by atoms with Gasteiger partial charge in [-0.15, -0.1) is 11.3 Å². The molecule has 1 N–H and O–H groups in total. The summed E-state index contributed by atoms with van der Waals surface area (Å²) in [6.07, 6.45) is 1.43. The quantitative estimate of drug-likeness (QED) is 0.937. The third-order valence-electron chi connectivity index (χ3n) is 4.25. The Labute approximate surface area is 134 Å². The van der Waals surface area contributed by atoms with Crippen molar-refractivity contribution in [2.75, 3.05) is 27.2 Å². The number of ether oxygens (including phenoxy) is 1. The molecule has 0 unspecified atom stereocenters. The number of para-hydroxylation sites is 1. The maximum atomic E-state index is 12.8. The van der Waals surface area contributed by atoms with Crippen LogP contribution in [0.25, 0.3) is 10.2 Å². The fourth-order valence-corrected chi connectivity index (χ4v) is 3.97. The van der Waals surface area contributed by atoms with Crippen molar-refractivity contribution in [3.05, 3.63) is 29.3 Å². The van der Waals surface area contributed by atoms with E-state index in [4.69, 9.17) is 4.74 Å². The molecular weight excluding hydrogens is 298 g/mol. The van der Waals surface area contributed by atoms with Crippen LogP contribution in [0.3, 0.4) is 0 Å². The Bertz CT molecular complexity index is 631. The van der Waals surface area contributed by atoms with Crippen LogP contribution in [0.4, 0.5) is 0 Å². The second kappa shape index (κ2) is 6.32. The molecule has 5 nitrogen and oxygen atoms in total. The molecular formula is C16H21N3O2S. The number of nitrogens with one attached hydrogen (secondary N) is 1. The van der Waals surface area contributed by atoms with E-state index in [0.717, 1.165) is 28.3 Å². The Morgan fingerprint density at radius 1 is 1.41 bits per heavy atom. The fourth-order valence-electron chi connectivity index (χ4n) is 2.95. The molecule has 1 aliphatic heterocycles. The van der Waals surface area contributed by atoms with E-state index in [0.29, 0.717) is 19.4 Å². The largest absolute Gasteiger partial charge is 0.368 e. The van der Waals surface area contributed by atoms with E-state index in [1.807, 2.05) is 25.2 Å². The zero-order valence-electron chi connectivity index (χ0n) is 13.0. The molecule has 1 aromatic carbocycles. The standard InChI is InChI=1S/C16H21N3O2S/c1-19(15(20)16(21-2)7-9-17-10-8-16)11-14-18-12-5-3-4-6-13(12)22-14/h3-6,17H,7-11H2,1-2H3. The maximum Gasteiger partial charge on any atom is 0.255 e.